The molecule has 3 rings (SSSR count). The molecule has 0 amide bonds. The van der Waals surface area contributed by atoms with Gasteiger partial charge in [-0.25, -0.2) is 4.98 Å². The average molecular weight is 387 g/mol. The molecule has 2 aromatic heterocycles. The third kappa shape index (κ3) is 3.89. The number of hydrogen-bond acceptors (Lipinski definition) is 4. The van der Waals surface area contributed by atoms with Gasteiger partial charge in [-0.1, -0.05) is 29.8 Å². The van der Waals surface area contributed by atoms with Gasteiger partial charge in [0.2, 0.25) is 0 Å². The van der Waals surface area contributed by atoms with E-state index in [4.69, 9.17) is 4.74 Å². The van der Waals surface area contributed by atoms with Gasteiger partial charge in [0.1, 0.15) is 12.3 Å². The van der Waals surface area contributed by atoms with Gasteiger partial charge in [-0.3, -0.25) is 14.0 Å². The number of halogens is 1. The van der Waals surface area contributed by atoms with Gasteiger partial charge in [0.15, 0.2) is 0 Å². The Hall–Kier alpha value is -2.47. The maximum absolute atomic E-state index is 12.1. The molecular formula is C18H15BrN2O3. The second kappa shape index (κ2) is 6.97. The molecule has 0 aliphatic carbocycles. The van der Waals surface area contributed by atoms with Gasteiger partial charge in [-0.15, -0.1) is 0 Å². The molecule has 2 heterocycles. The first-order valence-electron chi connectivity index (χ1n) is 7.40. The zero-order valence-corrected chi connectivity index (χ0v) is 14.6. The Labute approximate surface area is 147 Å². The first-order chi connectivity index (χ1) is 11.5. The molecule has 0 aliphatic heterocycles. The molecule has 0 saturated heterocycles. The van der Waals surface area contributed by atoms with Gasteiger partial charge >= 0.3 is 5.97 Å². The highest BCUT2D eigenvalue weighted by Crippen LogP contribution is 2.10. The molecule has 0 aliphatic rings. The van der Waals surface area contributed by atoms with Gasteiger partial charge in [-0.05, 0) is 40.5 Å². The normalized spacial score (nSPS) is 10.8. The van der Waals surface area contributed by atoms with Crippen LogP contribution in [-0.2, 0) is 22.6 Å². The molecule has 0 fully saturated rings. The first-order valence-corrected chi connectivity index (χ1v) is 8.19. The van der Waals surface area contributed by atoms with Gasteiger partial charge in [-0.2, -0.15) is 0 Å². The summed E-state index contributed by atoms with van der Waals surface area (Å²) in [5.41, 5.74) is 2.75. The lowest BCUT2D eigenvalue weighted by Crippen LogP contribution is -2.17. The fourth-order valence-corrected chi connectivity index (χ4v) is 2.62. The van der Waals surface area contributed by atoms with Gasteiger partial charge in [0.25, 0.3) is 5.56 Å². The van der Waals surface area contributed by atoms with Crippen molar-refractivity contribution in [2.24, 2.45) is 0 Å². The largest absolute Gasteiger partial charge is 0.459 e. The Morgan fingerprint density at radius 1 is 1.21 bits per heavy atom. The highest BCUT2D eigenvalue weighted by Gasteiger charge is 2.08. The number of aromatic nitrogens is 2. The quantitative estimate of drug-likeness (QED) is 0.646. The number of pyridine rings is 1. The van der Waals surface area contributed by atoms with Crippen LogP contribution >= 0.6 is 15.9 Å². The fourth-order valence-electron chi connectivity index (χ4n) is 2.28. The number of carbonyl (C=O) groups excluding carboxylic acids is 1. The topological polar surface area (TPSA) is 60.7 Å². The summed E-state index contributed by atoms with van der Waals surface area (Å²) < 4.78 is 7.45. The Bertz CT molecular complexity index is 949. The number of fused-ring (bicyclic) bond motifs is 1. The predicted octanol–water partition coefficient (Wildman–Crippen LogP) is 3.05. The molecule has 0 N–H and O–H groups in total. The van der Waals surface area contributed by atoms with E-state index in [2.05, 4.69) is 20.9 Å². The van der Waals surface area contributed by atoms with E-state index >= 15 is 0 Å². The Morgan fingerprint density at radius 3 is 2.71 bits per heavy atom. The van der Waals surface area contributed by atoms with Crippen molar-refractivity contribution in [1.82, 2.24) is 9.38 Å². The number of nitrogens with zero attached hydrogens (tertiary/aromatic N) is 2. The summed E-state index contributed by atoms with van der Waals surface area (Å²) in [5, 5.41) is 0. The molecule has 24 heavy (non-hydrogen) atoms. The third-order valence-corrected chi connectivity index (χ3v) is 4.00. The molecule has 1 aromatic carbocycles. The van der Waals surface area contributed by atoms with Crippen LogP contribution in [0.15, 0.2) is 57.9 Å². The second-order valence-electron chi connectivity index (χ2n) is 5.48. The van der Waals surface area contributed by atoms with Crippen molar-refractivity contribution in [3.8, 4) is 0 Å². The lowest BCUT2D eigenvalue weighted by atomic mass is 10.1. The number of hydrogen-bond donors (Lipinski definition) is 0. The average Bonchev–Trinajstić information content (AvgIpc) is 2.56. The van der Waals surface area contributed by atoms with Crippen molar-refractivity contribution in [3.63, 3.8) is 0 Å². The van der Waals surface area contributed by atoms with Crippen LogP contribution in [0.3, 0.4) is 0 Å². The number of benzene rings is 1. The van der Waals surface area contributed by atoms with E-state index in [0.29, 0.717) is 11.3 Å². The summed E-state index contributed by atoms with van der Waals surface area (Å²) in [6.07, 6.45) is 1.84. The van der Waals surface area contributed by atoms with E-state index < -0.39 is 0 Å². The second-order valence-corrected chi connectivity index (χ2v) is 6.40. The van der Waals surface area contributed by atoms with Crippen LogP contribution in [0.25, 0.3) is 5.65 Å². The molecule has 0 bridgehead atoms. The van der Waals surface area contributed by atoms with Gasteiger partial charge in [0.05, 0.1) is 12.1 Å². The van der Waals surface area contributed by atoms with E-state index in [1.165, 1.54) is 10.5 Å². The summed E-state index contributed by atoms with van der Waals surface area (Å²) in [6, 6.07) is 12.6. The maximum atomic E-state index is 12.1. The lowest BCUT2D eigenvalue weighted by Gasteiger charge is -2.06. The monoisotopic (exact) mass is 386 g/mol. The smallest absolute Gasteiger partial charge is 0.310 e. The minimum Gasteiger partial charge on any atom is -0.459 e. The zero-order valence-electron chi connectivity index (χ0n) is 13.0. The van der Waals surface area contributed by atoms with Crippen LogP contribution < -0.4 is 5.56 Å². The zero-order chi connectivity index (χ0) is 17.1. The third-order valence-electron chi connectivity index (χ3n) is 3.53. The van der Waals surface area contributed by atoms with Gasteiger partial charge < -0.3 is 4.74 Å². The molecule has 5 nitrogen and oxygen atoms in total. The molecule has 0 spiro atoms. The van der Waals surface area contributed by atoms with Crippen LogP contribution in [-0.4, -0.2) is 15.4 Å². The maximum Gasteiger partial charge on any atom is 0.310 e. The van der Waals surface area contributed by atoms with E-state index in [0.717, 1.165) is 15.6 Å². The number of carbonyl (C=O) groups is 1. The molecule has 6 heteroatoms. The van der Waals surface area contributed by atoms with Crippen LogP contribution in [0, 0.1) is 6.92 Å². The molecule has 0 radical (unpaired) electrons. The van der Waals surface area contributed by atoms with Crippen LogP contribution in [0.2, 0.25) is 0 Å². The Kier molecular flexibility index (Phi) is 4.76. The fraction of sp³-hybridized carbons (Fsp3) is 0.167. The Morgan fingerprint density at radius 2 is 1.96 bits per heavy atom. The summed E-state index contributed by atoms with van der Waals surface area (Å²) in [6.45, 7) is 1.97. The number of ether oxygens (including phenoxy) is 1. The summed E-state index contributed by atoms with van der Waals surface area (Å²) in [4.78, 5) is 28.3. The molecule has 122 valence electrons. The summed E-state index contributed by atoms with van der Waals surface area (Å²) in [7, 11) is 0. The van der Waals surface area contributed by atoms with Crippen LogP contribution in [0.1, 0.15) is 16.8 Å². The first kappa shape index (κ1) is 16.4. The lowest BCUT2D eigenvalue weighted by molar-refractivity contribution is -0.144. The van der Waals surface area contributed by atoms with Crippen molar-refractivity contribution in [2.45, 2.75) is 20.0 Å². The van der Waals surface area contributed by atoms with Crippen LogP contribution in [0.4, 0.5) is 0 Å². The van der Waals surface area contributed by atoms with Crippen molar-refractivity contribution in [3.05, 3.63) is 80.3 Å². The molecule has 0 atom stereocenters. The molecular weight excluding hydrogens is 372 g/mol. The highest BCUT2D eigenvalue weighted by atomic mass is 79.9. The van der Waals surface area contributed by atoms with Crippen molar-refractivity contribution < 1.29 is 9.53 Å². The summed E-state index contributed by atoms with van der Waals surface area (Å²) >= 11 is 3.31. The van der Waals surface area contributed by atoms with Crippen molar-refractivity contribution in [1.29, 1.82) is 0 Å². The van der Waals surface area contributed by atoms with E-state index in [1.54, 1.807) is 18.3 Å². The SMILES string of the molecule is Cc1ccc(CC(=O)OCc2cc(=O)n3cc(Br)ccc3n2)cc1. The Balaban J connectivity index is 1.69. The van der Waals surface area contributed by atoms with E-state index in [1.807, 2.05) is 31.2 Å². The standard InChI is InChI=1S/C18H15BrN2O3/c1-12-2-4-13(5-3-12)8-18(23)24-11-15-9-17(22)21-10-14(19)6-7-16(21)20-15/h2-7,9-10H,8,11H2,1H3. The van der Waals surface area contributed by atoms with Crippen molar-refractivity contribution >= 4 is 27.5 Å². The predicted molar refractivity (Wildman–Crippen MR) is 93.8 cm³/mol. The summed E-state index contributed by atoms with van der Waals surface area (Å²) in [5.74, 6) is -0.350. The van der Waals surface area contributed by atoms with Gasteiger partial charge in [0, 0.05) is 16.7 Å². The van der Waals surface area contributed by atoms with Crippen LogP contribution in [0.5, 0.6) is 0 Å². The van der Waals surface area contributed by atoms with E-state index in [-0.39, 0.29) is 24.6 Å². The molecule has 0 saturated carbocycles. The minimum absolute atomic E-state index is 0.0213. The number of esters is 1. The van der Waals surface area contributed by atoms with E-state index in [9.17, 15) is 9.59 Å². The minimum atomic E-state index is -0.350. The number of aryl methyl sites for hydroxylation is 1. The molecule has 0 unspecified atom stereocenters. The molecule has 3 aromatic rings. The number of rotatable bonds is 4. The van der Waals surface area contributed by atoms with Crippen molar-refractivity contribution in [2.75, 3.05) is 0 Å². The highest BCUT2D eigenvalue weighted by molar-refractivity contribution is 9.10.